The fraction of sp³-hybridized carbons (Fsp3) is 0.250. The molecule has 0 atom stereocenters. The van der Waals surface area contributed by atoms with E-state index in [1.54, 1.807) is 23.0 Å². The van der Waals surface area contributed by atoms with Gasteiger partial charge >= 0.3 is 0 Å². The molecule has 0 unspecified atom stereocenters. The Kier molecular flexibility index (Phi) is 6.22. The van der Waals surface area contributed by atoms with E-state index in [9.17, 15) is 0 Å². The molecular formula is C12H16N2OS. The van der Waals surface area contributed by atoms with E-state index in [1.165, 1.54) is 0 Å². The lowest BCUT2D eigenvalue weighted by Crippen LogP contribution is -1.95. The molecule has 0 bridgehead atoms. The van der Waals surface area contributed by atoms with Crippen molar-refractivity contribution in [2.45, 2.75) is 12.8 Å². The summed E-state index contributed by atoms with van der Waals surface area (Å²) in [5, 5.41) is 10.5. The van der Waals surface area contributed by atoms with E-state index < -0.39 is 0 Å². The van der Waals surface area contributed by atoms with Gasteiger partial charge in [0.2, 0.25) is 0 Å². The van der Waals surface area contributed by atoms with Crippen LogP contribution >= 0.6 is 11.3 Å². The van der Waals surface area contributed by atoms with Gasteiger partial charge in [0.25, 0.3) is 0 Å². The van der Waals surface area contributed by atoms with Gasteiger partial charge in [-0.2, -0.15) is 0 Å². The van der Waals surface area contributed by atoms with Crippen LogP contribution in [0.15, 0.2) is 41.4 Å². The van der Waals surface area contributed by atoms with Crippen molar-refractivity contribution in [3.05, 3.63) is 46.9 Å². The average molecular weight is 236 g/mol. The van der Waals surface area contributed by atoms with Crippen molar-refractivity contribution in [2.75, 3.05) is 12.3 Å². The van der Waals surface area contributed by atoms with Crippen LogP contribution in [0.4, 0.5) is 5.69 Å². The molecule has 4 heteroatoms. The largest absolute Gasteiger partial charge is 0.399 e. The predicted octanol–water partition coefficient (Wildman–Crippen LogP) is 2.34. The summed E-state index contributed by atoms with van der Waals surface area (Å²) in [5.74, 6) is 0. The average Bonchev–Trinajstić information content (AvgIpc) is 2.87. The Balaban J connectivity index is 0.000000212. The Morgan fingerprint density at radius 2 is 2.12 bits per heavy atom. The van der Waals surface area contributed by atoms with Crippen molar-refractivity contribution < 1.29 is 5.11 Å². The maximum Gasteiger partial charge on any atom is 0.0791 e. The van der Waals surface area contributed by atoms with Crippen LogP contribution < -0.4 is 5.73 Å². The number of aromatic nitrogens is 1. The van der Waals surface area contributed by atoms with Gasteiger partial charge in [-0.05, 0) is 24.5 Å². The number of aliphatic hydroxyl groups is 1. The number of hydrogen-bond acceptors (Lipinski definition) is 4. The number of aryl methyl sites for hydroxylation is 1. The minimum absolute atomic E-state index is 0.230. The summed E-state index contributed by atoms with van der Waals surface area (Å²) in [6.45, 7) is 0.230. The second-order valence-corrected chi connectivity index (χ2v) is 3.96. The first-order valence-electron chi connectivity index (χ1n) is 5.11. The summed E-state index contributed by atoms with van der Waals surface area (Å²) < 4.78 is 0. The molecule has 3 nitrogen and oxygen atoms in total. The maximum atomic E-state index is 8.58. The topological polar surface area (TPSA) is 59.1 Å². The van der Waals surface area contributed by atoms with E-state index in [4.69, 9.17) is 10.8 Å². The van der Waals surface area contributed by atoms with Crippen LogP contribution in [0.2, 0.25) is 0 Å². The fourth-order valence-electron chi connectivity index (χ4n) is 1.21. The molecule has 0 amide bonds. The van der Waals surface area contributed by atoms with Gasteiger partial charge in [-0.25, -0.2) is 0 Å². The first kappa shape index (κ1) is 12.7. The molecule has 0 spiro atoms. The number of anilines is 1. The van der Waals surface area contributed by atoms with Crippen molar-refractivity contribution in [3.8, 4) is 0 Å². The Morgan fingerprint density at radius 3 is 2.62 bits per heavy atom. The second kappa shape index (κ2) is 7.84. The minimum atomic E-state index is 0.230. The summed E-state index contributed by atoms with van der Waals surface area (Å²) in [5.41, 5.74) is 9.42. The molecule has 1 heterocycles. The number of thiazole rings is 1. The van der Waals surface area contributed by atoms with Gasteiger partial charge in [0, 0.05) is 23.9 Å². The van der Waals surface area contributed by atoms with Crippen molar-refractivity contribution in [2.24, 2.45) is 0 Å². The van der Waals surface area contributed by atoms with Crippen molar-refractivity contribution in [1.29, 1.82) is 0 Å². The lowest BCUT2D eigenvalue weighted by atomic mass is 10.1. The van der Waals surface area contributed by atoms with Crippen LogP contribution in [-0.4, -0.2) is 16.7 Å². The predicted molar refractivity (Wildman–Crippen MR) is 68.4 cm³/mol. The van der Waals surface area contributed by atoms with Gasteiger partial charge in [0.15, 0.2) is 0 Å². The van der Waals surface area contributed by atoms with Gasteiger partial charge in [-0.1, -0.05) is 18.2 Å². The minimum Gasteiger partial charge on any atom is -0.399 e. The van der Waals surface area contributed by atoms with Crippen LogP contribution in [0.25, 0.3) is 0 Å². The van der Waals surface area contributed by atoms with Gasteiger partial charge < -0.3 is 10.8 Å². The van der Waals surface area contributed by atoms with Gasteiger partial charge in [0.1, 0.15) is 0 Å². The Labute approximate surface area is 99.6 Å². The number of rotatable bonds is 3. The molecule has 3 N–H and O–H groups in total. The number of nitrogens with two attached hydrogens (primary N) is 1. The summed E-state index contributed by atoms with van der Waals surface area (Å²) in [4.78, 5) is 3.74. The smallest absolute Gasteiger partial charge is 0.0791 e. The molecular weight excluding hydrogens is 220 g/mol. The van der Waals surface area contributed by atoms with Crippen LogP contribution in [0.5, 0.6) is 0 Å². The zero-order chi connectivity index (χ0) is 11.6. The highest BCUT2D eigenvalue weighted by atomic mass is 32.1. The quantitative estimate of drug-likeness (QED) is 0.804. The number of para-hydroxylation sites is 1. The lowest BCUT2D eigenvalue weighted by Gasteiger charge is -2.02. The first-order chi connectivity index (χ1) is 7.84. The van der Waals surface area contributed by atoms with Crippen molar-refractivity contribution in [1.82, 2.24) is 4.98 Å². The third-order valence-electron chi connectivity index (χ3n) is 2.01. The van der Waals surface area contributed by atoms with Crippen LogP contribution in [0.1, 0.15) is 12.0 Å². The molecule has 86 valence electrons. The second-order valence-electron chi connectivity index (χ2n) is 3.20. The Hall–Kier alpha value is -1.39. The first-order valence-corrected chi connectivity index (χ1v) is 6.05. The maximum absolute atomic E-state index is 8.58. The summed E-state index contributed by atoms with van der Waals surface area (Å²) in [6, 6.07) is 7.75. The number of nitrogen functional groups attached to an aromatic ring is 1. The van der Waals surface area contributed by atoms with Gasteiger partial charge in [-0.15, -0.1) is 11.3 Å². The van der Waals surface area contributed by atoms with E-state index in [-0.39, 0.29) is 6.61 Å². The van der Waals surface area contributed by atoms with Crippen LogP contribution in [0.3, 0.4) is 0 Å². The fourth-order valence-corrected chi connectivity index (χ4v) is 1.56. The van der Waals surface area contributed by atoms with E-state index in [0.717, 1.165) is 24.1 Å². The van der Waals surface area contributed by atoms with E-state index >= 15 is 0 Å². The molecule has 2 rings (SSSR count). The highest BCUT2D eigenvalue weighted by Crippen LogP contribution is 2.11. The number of aliphatic hydroxyl groups excluding tert-OH is 1. The van der Waals surface area contributed by atoms with Crippen LogP contribution in [0, 0.1) is 0 Å². The Morgan fingerprint density at radius 1 is 1.31 bits per heavy atom. The molecule has 0 aliphatic heterocycles. The monoisotopic (exact) mass is 236 g/mol. The van der Waals surface area contributed by atoms with Gasteiger partial charge in [-0.3, -0.25) is 4.98 Å². The van der Waals surface area contributed by atoms with Crippen molar-refractivity contribution >= 4 is 17.0 Å². The van der Waals surface area contributed by atoms with E-state index in [2.05, 4.69) is 4.98 Å². The third-order valence-corrected chi connectivity index (χ3v) is 2.53. The van der Waals surface area contributed by atoms with E-state index in [1.807, 2.05) is 29.6 Å². The van der Waals surface area contributed by atoms with Crippen molar-refractivity contribution in [3.63, 3.8) is 0 Å². The molecule has 0 fully saturated rings. The molecule has 0 saturated heterocycles. The zero-order valence-electron chi connectivity index (χ0n) is 9.04. The summed E-state index contributed by atoms with van der Waals surface area (Å²) >= 11 is 1.60. The highest BCUT2D eigenvalue weighted by Gasteiger charge is 1.95. The molecule has 0 aliphatic carbocycles. The molecule has 1 aromatic carbocycles. The van der Waals surface area contributed by atoms with Crippen LogP contribution in [-0.2, 0) is 6.42 Å². The third kappa shape index (κ3) is 4.91. The Bertz CT molecular complexity index is 359. The van der Waals surface area contributed by atoms with E-state index in [0.29, 0.717) is 0 Å². The molecule has 0 aliphatic rings. The normalized spacial score (nSPS) is 9.31. The molecule has 2 aromatic rings. The summed E-state index contributed by atoms with van der Waals surface area (Å²) in [6.07, 6.45) is 3.42. The SMILES string of the molecule is Nc1ccccc1CCCO.c1cscn1. The van der Waals surface area contributed by atoms with Gasteiger partial charge in [0.05, 0.1) is 5.51 Å². The summed E-state index contributed by atoms with van der Waals surface area (Å²) in [7, 11) is 0. The lowest BCUT2D eigenvalue weighted by molar-refractivity contribution is 0.288. The standard InChI is InChI=1S/C9H13NO.C3H3NS/c10-9-6-2-1-4-8(9)5-3-7-11;1-2-5-3-4-1/h1-2,4,6,11H,3,5,7,10H2;1-3H. The zero-order valence-corrected chi connectivity index (χ0v) is 9.86. The number of nitrogens with zero attached hydrogens (tertiary/aromatic N) is 1. The molecule has 1 aromatic heterocycles. The number of hydrogen-bond donors (Lipinski definition) is 2. The highest BCUT2D eigenvalue weighted by molar-refractivity contribution is 7.07. The molecule has 0 radical (unpaired) electrons. The molecule has 0 saturated carbocycles. The molecule has 16 heavy (non-hydrogen) atoms. The number of benzene rings is 1.